The van der Waals surface area contributed by atoms with Crippen molar-refractivity contribution in [3.63, 3.8) is 0 Å². The van der Waals surface area contributed by atoms with E-state index >= 15 is 0 Å². The number of anilines is 6. The second-order valence-corrected chi connectivity index (χ2v) is 35.9. The molecule has 0 amide bonds. The van der Waals surface area contributed by atoms with Crippen molar-refractivity contribution >= 4 is 169 Å². The normalized spacial score (nSPS) is 12.2. The molecule has 6 aromatic rings. The minimum atomic E-state index is -0.127. The number of likely N-dealkylation sites (N-methyl/N-ethyl adjacent to an activating group) is 5. The Labute approximate surface area is 649 Å². The molecule has 6 aromatic carbocycles. The van der Waals surface area contributed by atoms with Crippen LogP contribution in [0.15, 0.2) is 4.79 Å². The van der Waals surface area contributed by atoms with Gasteiger partial charge in [0.1, 0.15) is 4.51 Å². The first-order valence-electron chi connectivity index (χ1n) is 34.5. The lowest BCUT2D eigenvalue weighted by Gasteiger charge is -2.27. The highest BCUT2D eigenvalue weighted by Gasteiger charge is 2.31. The van der Waals surface area contributed by atoms with Gasteiger partial charge in [-0.15, -0.1) is 0 Å². The van der Waals surface area contributed by atoms with Gasteiger partial charge in [0.05, 0.1) is 79.2 Å². The highest BCUT2D eigenvalue weighted by molar-refractivity contribution is 7.75. The first-order chi connectivity index (χ1) is 44.9. The molecule has 552 valence electrons. The minimum Gasteiger partial charge on any atom is -0.382 e. The molecule has 6 rings (SSSR count). The summed E-state index contributed by atoms with van der Waals surface area (Å²) in [6.07, 6.45) is 1.19. The van der Waals surface area contributed by atoms with Gasteiger partial charge in [-0.05, 0) is 100 Å². The Morgan fingerprint density at radius 3 is 0.837 bits per heavy atom. The summed E-state index contributed by atoms with van der Waals surface area (Å²) < 4.78 is 8.93. The van der Waals surface area contributed by atoms with Crippen LogP contribution in [0.1, 0.15) is 192 Å². The maximum atomic E-state index is 11.7. The largest absolute Gasteiger partial charge is 0.382 e. The van der Waals surface area contributed by atoms with Crippen LogP contribution in [0, 0.1) is 49.6 Å². The topological polar surface area (TPSA) is 140 Å². The van der Waals surface area contributed by atoms with Crippen LogP contribution in [-0.4, -0.2) is 160 Å². The summed E-state index contributed by atoms with van der Waals surface area (Å²) in [6, 6.07) is 0. The Bertz CT molecular complexity index is 3940. The van der Waals surface area contributed by atoms with Gasteiger partial charge in [0, 0.05) is 112 Å². The minimum absolute atomic E-state index is 0.0406. The quantitative estimate of drug-likeness (QED) is 0.0174. The van der Waals surface area contributed by atoms with Gasteiger partial charge in [0.15, 0.2) is 0 Å². The van der Waals surface area contributed by atoms with Gasteiger partial charge in [-0.1, -0.05) is 287 Å². The Hall–Kier alpha value is -2.34. The van der Waals surface area contributed by atoms with Crippen LogP contribution in [0.3, 0.4) is 0 Å². The van der Waals surface area contributed by atoms with E-state index in [1.54, 1.807) is 0 Å². The molecule has 0 aliphatic heterocycles. The summed E-state index contributed by atoms with van der Waals surface area (Å²) in [4.78, 5) is 20.8. The van der Waals surface area contributed by atoms with Crippen LogP contribution < -0.4 is 48.4 Å². The van der Waals surface area contributed by atoms with E-state index in [2.05, 4.69) is 217 Å². The molecule has 0 radical (unpaired) electrons. The van der Waals surface area contributed by atoms with Gasteiger partial charge in [-0.3, -0.25) is 4.79 Å². The van der Waals surface area contributed by atoms with Crippen molar-refractivity contribution in [1.29, 1.82) is 0 Å². The predicted octanol–water partition coefficient (Wildman–Crippen LogP) is 19.4. The van der Waals surface area contributed by atoms with Crippen molar-refractivity contribution in [2.24, 2.45) is 5.73 Å². The van der Waals surface area contributed by atoms with Crippen molar-refractivity contribution in [3.8, 4) is 0 Å². The van der Waals surface area contributed by atoms with Gasteiger partial charge in [-0.2, -0.15) is 0 Å². The second kappa shape index (κ2) is 41.4. The Balaban J connectivity index is 0.000000589. The zero-order valence-electron chi connectivity index (χ0n) is 64.8. The van der Waals surface area contributed by atoms with Crippen molar-refractivity contribution in [2.45, 2.75) is 191 Å². The van der Waals surface area contributed by atoms with Crippen molar-refractivity contribution in [2.75, 3.05) is 172 Å². The molecule has 0 atom stereocenters. The summed E-state index contributed by atoms with van der Waals surface area (Å²) in [5, 5.41) is 23.3. The Morgan fingerprint density at radius 1 is 0.316 bits per heavy atom. The van der Waals surface area contributed by atoms with E-state index in [1.165, 1.54) is 34.2 Å². The number of nitrogens with two attached hydrogens (primary N) is 1. The second-order valence-electron chi connectivity index (χ2n) is 31.4. The van der Waals surface area contributed by atoms with Crippen LogP contribution in [0.25, 0.3) is 0 Å². The molecule has 0 saturated heterocycles. The van der Waals surface area contributed by atoms with Gasteiger partial charge in [0.2, 0.25) is 5.43 Å². The fourth-order valence-corrected chi connectivity index (χ4v) is 15.1. The van der Waals surface area contributed by atoms with E-state index in [1.807, 2.05) is 27.8 Å². The third kappa shape index (κ3) is 27.3. The maximum Gasteiger partial charge on any atom is 0.204 e. The third-order valence-corrected chi connectivity index (χ3v) is 21.4. The van der Waals surface area contributed by atoms with E-state index in [9.17, 15) is 4.79 Å². The van der Waals surface area contributed by atoms with Gasteiger partial charge in [0.25, 0.3) is 0 Å². The summed E-state index contributed by atoms with van der Waals surface area (Å²) in [5.74, 6) is 0. The SMILES string of the molecule is CC(C)(C)c1c(NCCN)c(=S)c1=S.CCCN(C)CCNc1c(C(C)(C)C)c(=S)c1=S.CCN(C)CCNc1c(C(C)(C)C)c(=O)c1=S.CCN(CC)CCNc1c(C(C)(C)C)c(=S)c1=S.CN(C)CCNc1c(C(C)(C)C)c(=S)c1=S.CNCCNc1c(C(C)(C)C)c(=S)c1=S. The molecule has 0 bridgehead atoms. The van der Waals surface area contributed by atoms with Crippen molar-refractivity contribution in [3.05, 3.63) is 93.2 Å². The molecule has 0 aromatic heterocycles. The van der Waals surface area contributed by atoms with E-state index in [4.69, 9.17) is 140 Å². The van der Waals surface area contributed by atoms with Crippen LogP contribution in [-0.2, 0) is 32.5 Å². The van der Waals surface area contributed by atoms with E-state index in [0.717, 1.165) is 183 Å². The molecular weight excluding hydrogens is 1430 g/mol. The van der Waals surface area contributed by atoms with E-state index in [-0.39, 0.29) is 37.9 Å². The summed E-state index contributed by atoms with van der Waals surface area (Å²) in [6.45, 7) is 62.5. The molecule has 98 heavy (non-hydrogen) atoms. The summed E-state index contributed by atoms with van der Waals surface area (Å²) in [7, 11) is 10.3. The smallest absolute Gasteiger partial charge is 0.204 e. The lowest BCUT2D eigenvalue weighted by atomic mass is 9.83. The fraction of sp³-hybridized carbons (Fsp3) is 0.676. The molecule has 13 nitrogen and oxygen atoms in total. The van der Waals surface area contributed by atoms with Gasteiger partial charge >= 0.3 is 0 Å². The highest BCUT2D eigenvalue weighted by Crippen LogP contribution is 2.41. The standard InChI is InChI=1S/2C14H24N2S2.C13H22N2OS.C12H20N2S2.C11H18N2S2.C10H16N2S2/c1-6-8-16(5)9-7-15-11-10(14(2,3)4)12(17)13(11)18;1-6-16(7-2)9-8-15-11-10(14(3,4)5)12(17)13(11)18;1-6-15(5)8-7-14-10-9(13(2,3)4)11(16)12(10)17;1-12(2,3)8-9(11(16)10(8)15)13-6-7-14(4)5;1-11(2,3)7-8(10(15)9(7)14)13-6-5-12-4;1-10(2,3)6-7(12-5-4-11)9(14)8(6)13/h2*15H,6-9H2,1-5H3;14H,6-8H2,1-5H3;13H,6-7H2,1-5H3;12-13H,5-6H2,1-4H3;12H,4-5,11H2,1-3H3. The molecule has 0 fully saturated rings. The summed E-state index contributed by atoms with van der Waals surface area (Å²) in [5.41, 5.74) is 18.9. The van der Waals surface area contributed by atoms with Crippen LogP contribution >= 0.6 is 134 Å². The Morgan fingerprint density at radius 2 is 0.582 bits per heavy atom. The predicted molar refractivity (Wildman–Crippen MR) is 462 cm³/mol. The summed E-state index contributed by atoms with van der Waals surface area (Å²) >= 11 is 58.0. The maximum absolute atomic E-state index is 11.7. The number of rotatable bonds is 28. The van der Waals surface area contributed by atoms with Crippen molar-refractivity contribution in [1.82, 2.24) is 24.9 Å². The van der Waals surface area contributed by atoms with Gasteiger partial charge in [-0.25, -0.2) is 0 Å². The molecule has 0 aliphatic carbocycles. The Kier molecular flexibility index (Phi) is 39.6. The molecule has 0 unspecified atom stereocenters. The van der Waals surface area contributed by atoms with E-state index in [0.29, 0.717) is 11.1 Å². The fourth-order valence-electron chi connectivity index (χ4n) is 10.8. The van der Waals surface area contributed by atoms with Gasteiger partial charge < -0.3 is 62.6 Å². The first-order valence-corrected chi connectivity index (χ1v) is 39.0. The molecule has 24 heteroatoms. The molecule has 0 spiro atoms. The lowest BCUT2D eigenvalue weighted by Crippen LogP contribution is -2.32. The van der Waals surface area contributed by atoms with Crippen LogP contribution in [0.5, 0.6) is 0 Å². The van der Waals surface area contributed by atoms with Crippen LogP contribution in [0.4, 0.5) is 34.1 Å². The number of nitrogens with one attached hydrogen (secondary N) is 7. The molecule has 0 aliphatic rings. The third-order valence-electron chi connectivity index (χ3n) is 16.3. The van der Waals surface area contributed by atoms with Crippen LogP contribution in [0.2, 0.25) is 0 Å². The molecule has 0 saturated carbocycles. The monoisotopic (exact) mass is 1550 g/mol. The highest BCUT2D eigenvalue weighted by atomic mass is 32.1. The lowest BCUT2D eigenvalue weighted by molar-refractivity contribution is 0.316. The molecule has 0 heterocycles. The zero-order chi connectivity index (χ0) is 76.1. The number of nitrogens with zero attached hydrogens (tertiary/aromatic N) is 4. The molecular formula is C74H124N12OS11. The zero-order valence-corrected chi connectivity index (χ0v) is 73.8. The molecule has 9 N–H and O–H groups in total. The average molecular weight is 1550 g/mol. The average Bonchev–Trinajstić information content (AvgIpc) is 0.808. The number of hydrogen-bond donors (Lipinski definition) is 8. The van der Waals surface area contributed by atoms with Crippen molar-refractivity contribution < 1.29 is 0 Å². The number of hydrogen-bond acceptors (Lipinski definition) is 24. The first kappa shape index (κ1) is 93.7. The van der Waals surface area contributed by atoms with E-state index < -0.39 is 0 Å².